The van der Waals surface area contributed by atoms with Crippen LogP contribution in [0.2, 0.25) is 0 Å². The first-order valence-electron chi connectivity index (χ1n) is 10.5. The van der Waals surface area contributed by atoms with Gasteiger partial charge in [0.1, 0.15) is 23.8 Å². The Morgan fingerprint density at radius 1 is 1.03 bits per heavy atom. The first-order valence-corrected chi connectivity index (χ1v) is 11.3. The number of thiazole rings is 1. The standard InChI is InChI=1S/C25H22N2O6S/c1-16(24(28)29)33-20-10-8-19(9-11-20)32-14-13-27-21-12-7-18(15-22(21)34-25(27)30)23(26-31)17-5-3-2-4-6-17/h2-12,15-16,31H,13-14H2,1H3,(H,28,29)/b26-23+. The lowest BCUT2D eigenvalue weighted by atomic mass is 10.0. The van der Waals surface area contributed by atoms with Gasteiger partial charge in [0.2, 0.25) is 0 Å². The van der Waals surface area contributed by atoms with Crippen molar-refractivity contribution in [1.82, 2.24) is 4.57 Å². The first-order chi connectivity index (χ1) is 16.5. The molecule has 0 saturated heterocycles. The number of rotatable bonds is 9. The normalized spacial score (nSPS) is 12.4. The van der Waals surface area contributed by atoms with Crippen LogP contribution in [0.4, 0.5) is 0 Å². The van der Waals surface area contributed by atoms with Crippen LogP contribution in [0.15, 0.2) is 82.7 Å². The van der Waals surface area contributed by atoms with Crippen molar-refractivity contribution in [3.8, 4) is 11.5 Å². The predicted molar refractivity (Wildman–Crippen MR) is 130 cm³/mol. The molecule has 0 amide bonds. The second-order valence-electron chi connectivity index (χ2n) is 7.43. The number of fused-ring (bicyclic) bond motifs is 1. The van der Waals surface area contributed by atoms with Crippen LogP contribution >= 0.6 is 11.3 Å². The van der Waals surface area contributed by atoms with Crippen LogP contribution in [0.5, 0.6) is 11.5 Å². The average molecular weight is 479 g/mol. The van der Waals surface area contributed by atoms with E-state index in [0.717, 1.165) is 27.1 Å². The van der Waals surface area contributed by atoms with Gasteiger partial charge in [0.25, 0.3) is 0 Å². The number of carbonyl (C=O) groups is 1. The number of aliphatic carboxylic acids is 1. The molecule has 1 aromatic heterocycles. The summed E-state index contributed by atoms with van der Waals surface area (Å²) in [6, 6.07) is 21.5. The van der Waals surface area contributed by atoms with Crippen molar-refractivity contribution in [2.24, 2.45) is 5.16 Å². The fourth-order valence-corrected chi connectivity index (χ4v) is 4.38. The number of hydrogen-bond donors (Lipinski definition) is 2. The molecule has 0 aliphatic carbocycles. The summed E-state index contributed by atoms with van der Waals surface area (Å²) in [5.41, 5.74) is 2.70. The van der Waals surface area contributed by atoms with E-state index in [9.17, 15) is 14.8 Å². The zero-order valence-corrected chi connectivity index (χ0v) is 19.1. The minimum absolute atomic E-state index is 0.107. The topological polar surface area (TPSA) is 110 Å². The van der Waals surface area contributed by atoms with Crippen molar-refractivity contribution in [1.29, 1.82) is 0 Å². The van der Waals surface area contributed by atoms with Gasteiger partial charge in [-0.05, 0) is 43.3 Å². The van der Waals surface area contributed by atoms with E-state index in [1.807, 2.05) is 48.5 Å². The van der Waals surface area contributed by atoms with Gasteiger partial charge in [-0.15, -0.1) is 0 Å². The molecule has 4 rings (SSSR count). The van der Waals surface area contributed by atoms with Gasteiger partial charge >= 0.3 is 10.8 Å². The molecule has 4 aromatic rings. The number of oxime groups is 1. The number of nitrogens with zero attached hydrogens (tertiary/aromatic N) is 2. The smallest absolute Gasteiger partial charge is 0.344 e. The molecule has 0 aliphatic heterocycles. The first kappa shape index (κ1) is 23.1. The molecule has 0 fully saturated rings. The summed E-state index contributed by atoms with van der Waals surface area (Å²) < 4.78 is 13.5. The largest absolute Gasteiger partial charge is 0.492 e. The van der Waals surface area contributed by atoms with E-state index in [-0.39, 0.29) is 11.5 Å². The third-order valence-electron chi connectivity index (χ3n) is 5.16. The fraction of sp³-hybridized carbons (Fsp3) is 0.160. The van der Waals surface area contributed by atoms with Crippen molar-refractivity contribution < 1.29 is 24.6 Å². The van der Waals surface area contributed by atoms with Crippen LogP contribution in [-0.4, -0.2) is 39.3 Å². The summed E-state index contributed by atoms with van der Waals surface area (Å²) in [7, 11) is 0. The molecule has 0 aliphatic rings. The van der Waals surface area contributed by atoms with E-state index in [4.69, 9.17) is 14.6 Å². The highest BCUT2D eigenvalue weighted by Gasteiger charge is 2.14. The van der Waals surface area contributed by atoms with Crippen molar-refractivity contribution in [3.05, 3.63) is 93.6 Å². The lowest BCUT2D eigenvalue weighted by Gasteiger charge is -2.11. The number of carboxylic acid groups (broad SMARTS) is 1. The van der Waals surface area contributed by atoms with Crippen LogP contribution < -0.4 is 14.3 Å². The summed E-state index contributed by atoms with van der Waals surface area (Å²) in [6.07, 6.45) is -0.946. The summed E-state index contributed by atoms with van der Waals surface area (Å²) in [4.78, 5) is 23.4. The zero-order valence-electron chi connectivity index (χ0n) is 18.2. The maximum Gasteiger partial charge on any atom is 0.344 e. The molecule has 8 nitrogen and oxygen atoms in total. The Bertz CT molecular complexity index is 1380. The molecule has 1 heterocycles. The van der Waals surface area contributed by atoms with Gasteiger partial charge in [-0.2, -0.15) is 0 Å². The highest BCUT2D eigenvalue weighted by molar-refractivity contribution is 7.16. The van der Waals surface area contributed by atoms with Crippen molar-refractivity contribution in [2.75, 3.05) is 6.61 Å². The van der Waals surface area contributed by atoms with Crippen molar-refractivity contribution in [2.45, 2.75) is 19.6 Å². The molecular formula is C25H22N2O6S. The molecule has 3 aromatic carbocycles. The predicted octanol–water partition coefficient (Wildman–Crippen LogP) is 4.22. The number of carboxylic acids is 1. The Morgan fingerprint density at radius 3 is 2.41 bits per heavy atom. The molecule has 2 N–H and O–H groups in total. The third-order valence-corrected chi connectivity index (χ3v) is 6.10. The van der Waals surface area contributed by atoms with Gasteiger partial charge < -0.3 is 19.8 Å². The van der Waals surface area contributed by atoms with E-state index in [1.54, 1.807) is 28.8 Å². The van der Waals surface area contributed by atoms with Gasteiger partial charge in [0, 0.05) is 11.1 Å². The van der Waals surface area contributed by atoms with Crippen molar-refractivity contribution in [3.63, 3.8) is 0 Å². The minimum Gasteiger partial charge on any atom is -0.492 e. The maximum atomic E-state index is 12.6. The van der Waals surface area contributed by atoms with Crippen LogP contribution in [0.1, 0.15) is 18.1 Å². The van der Waals surface area contributed by atoms with Crippen molar-refractivity contribution >= 4 is 33.2 Å². The van der Waals surface area contributed by atoms with E-state index >= 15 is 0 Å². The van der Waals surface area contributed by atoms with Crippen LogP contribution in [0, 0.1) is 0 Å². The van der Waals surface area contributed by atoms with Gasteiger partial charge in [-0.3, -0.25) is 9.36 Å². The monoisotopic (exact) mass is 478 g/mol. The summed E-state index contributed by atoms with van der Waals surface area (Å²) in [5.74, 6) is -0.0305. The van der Waals surface area contributed by atoms with Gasteiger partial charge in [-0.25, -0.2) is 4.79 Å². The van der Waals surface area contributed by atoms with Crippen LogP contribution in [-0.2, 0) is 11.3 Å². The Morgan fingerprint density at radius 2 is 1.74 bits per heavy atom. The lowest BCUT2D eigenvalue weighted by Crippen LogP contribution is -2.22. The second kappa shape index (κ2) is 10.2. The number of hydrogen-bond acceptors (Lipinski definition) is 7. The highest BCUT2D eigenvalue weighted by atomic mass is 32.1. The second-order valence-corrected chi connectivity index (χ2v) is 8.43. The Labute approximate surface area is 198 Å². The van der Waals surface area contributed by atoms with E-state index in [1.165, 1.54) is 6.92 Å². The van der Waals surface area contributed by atoms with E-state index < -0.39 is 12.1 Å². The molecule has 34 heavy (non-hydrogen) atoms. The van der Waals surface area contributed by atoms with E-state index in [0.29, 0.717) is 29.3 Å². The van der Waals surface area contributed by atoms with Gasteiger partial charge in [0.05, 0.1) is 16.8 Å². The van der Waals surface area contributed by atoms with Crippen LogP contribution in [0.3, 0.4) is 0 Å². The Balaban J connectivity index is 1.44. The molecule has 0 bridgehead atoms. The summed E-state index contributed by atoms with van der Waals surface area (Å²) >= 11 is 1.12. The molecule has 1 atom stereocenters. The quantitative estimate of drug-likeness (QED) is 0.212. The molecule has 0 spiro atoms. The number of aromatic nitrogens is 1. The highest BCUT2D eigenvalue weighted by Crippen LogP contribution is 2.22. The van der Waals surface area contributed by atoms with E-state index in [2.05, 4.69) is 5.16 Å². The van der Waals surface area contributed by atoms with Crippen LogP contribution in [0.25, 0.3) is 10.2 Å². The Hall–Kier alpha value is -4.11. The summed E-state index contributed by atoms with van der Waals surface area (Å²) in [5, 5.41) is 21.9. The molecule has 9 heteroatoms. The number of benzene rings is 3. The molecule has 0 saturated carbocycles. The lowest BCUT2D eigenvalue weighted by molar-refractivity contribution is -0.144. The SMILES string of the molecule is CC(Oc1ccc(OCCn2c(=O)sc3cc(/C(=N/O)c4ccccc4)ccc32)cc1)C(=O)O. The maximum absolute atomic E-state index is 12.6. The fourth-order valence-electron chi connectivity index (χ4n) is 3.43. The minimum atomic E-state index is -1.04. The Kier molecular flexibility index (Phi) is 6.93. The van der Waals surface area contributed by atoms with Gasteiger partial charge in [0.15, 0.2) is 6.10 Å². The third kappa shape index (κ3) is 5.10. The molecular weight excluding hydrogens is 456 g/mol. The summed E-state index contributed by atoms with van der Waals surface area (Å²) in [6.45, 7) is 2.08. The number of ether oxygens (including phenoxy) is 2. The molecule has 174 valence electrons. The molecule has 1 unspecified atom stereocenters. The zero-order chi connectivity index (χ0) is 24.1. The average Bonchev–Trinajstić information content (AvgIpc) is 3.15. The molecule has 0 radical (unpaired) electrons. The van der Waals surface area contributed by atoms with Gasteiger partial charge in [-0.1, -0.05) is 52.9 Å².